The topological polar surface area (TPSA) is 364 Å². The molecule has 1 unspecified atom stereocenters. The van der Waals surface area contributed by atoms with Gasteiger partial charge in [-0.15, -0.1) is 11.8 Å². The van der Waals surface area contributed by atoms with Gasteiger partial charge in [0.2, 0.25) is 35.4 Å². The quantitative estimate of drug-likeness (QED) is 0.0229. The zero-order valence-electron chi connectivity index (χ0n) is 48.7. The number of hydrogen-bond acceptors (Lipinski definition) is 15. The number of aromatic nitrogens is 2. The standard InChI is InChI=1S/C55H77F2N9O12S.C2HF3O2/c1-32(2)47(63-44(69)18-11-8-14-23-66-45(70)27-43(52(66)74)79-31-39(59)53(75)76)42(68)25-33(3)50(72)62-40(54(77)78)17-12-13-22-60-51(73)38(58)21-24-65(46(71)30-67)48(55(4,5)6)49-61-41(36-26-35(56)19-20-37(36)57)29-64(49)28-34-15-9-7-10-16-34;3-2(4,5)1(6)7/h7,9-10,15-16,19-20,26,29,32-33,38-40,43,47-48,67H,8,11-14,17-18,21-25,27-28,30-31,58-59H2,1-6H3,(H,60,73)(H,62,72)(H,63,69)(H,75,76)(H,77,78);(H,6,7)/t33-,38+,39+,40+,43?,47+,48+;/m1./s1. The lowest BCUT2D eigenvalue weighted by Gasteiger charge is -2.40. The number of rotatable bonds is 33. The summed E-state index contributed by atoms with van der Waals surface area (Å²) in [6.07, 6.45) is -1.97. The highest BCUT2D eigenvalue weighted by atomic mass is 32.2. The number of carbonyl (C=O) groups excluding carboxylic acids is 7. The number of benzene rings is 2. The van der Waals surface area contributed by atoms with Crippen molar-refractivity contribution >= 4 is 70.9 Å². The number of likely N-dealkylation sites (tertiary alicyclic amines) is 1. The van der Waals surface area contributed by atoms with Crippen LogP contribution in [0.1, 0.15) is 123 Å². The Bertz CT molecular complexity index is 2840. The summed E-state index contributed by atoms with van der Waals surface area (Å²) in [5.74, 6) is -11.1. The first-order valence-electron chi connectivity index (χ1n) is 27.8. The van der Waals surface area contributed by atoms with Gasteiger partial charge in [-0.25, -0.2) is 23.4 Å². The van der Waals surface area contributed by atoms with E-state index in [1.807, 2.05) is 51.1 Å². The van der Waals surface area contributed by atoms with E-state index in [0.717, 1.165) is 40.4 Å². The Morgan fingerprint density at radius 2 is 1.49 bits per heavy atom. The van der Waals surface area contributed by atoms with E-state index in [4.69, 9.17) is 31.5 Å². The van der Waals surface area contributed by atoms with Crippen molar-refractivity contribution in [2.24, 2.45) is 28.7 Å². The van der Waals surface area contributed by atoms with Gasteiger partial charge in [-0.1, -0.05) is 78.3 Å². The number of Topliss-reactive ketones (excluding diaryl/α,β-unsaturated/α-hetero) is 1. The van der Waals surface area contributed by atoms with E-state index >= 15 is 4.39 Å². The minimum Gasteiger partial charge on any atom is -0.480 e. The zero-order chi connectivity index (χ0) is 64.8. The lowest BCUT2D eigenvalue weighted by molar-refractivity contribution is -0.192. The van der Waals surface area contributed by atoms with Crippen LogP contribution in [0.4, 0.5) is 22.0 Å². The lowest BCUT2D eigenvalue weighted by Crippen LogP contribution is -2.48. The summed E-state index contributed by atoms with van der Waals surface area (Å²) in [5.41, 5.74) is 12.0. The fourth-order valence-electron chi connectivity index (χ4n) is 9.09. The van der Waals surface area contributed by atoms with Crippen molar-refractivity contribution in [2.45, 2.75) is 154 Å². The summed E-state index contributed by atoms with van der Waals surface area (Å²) in [4.78, 5) is 131. The number of aliphatic hydroxyl groups excluding tert-OH is 1. The van der Waals surface area contributed by atoms with Crippen LogP contribution in [0.5, 0.6) is 0 Å². The Labute approximate surface area is 498 Å². The van der Waals surface area contributed by atoms with E-state index in [1.54, 1.807) is 24.6 Å². The first kappa shape index (κ1) is 72.9. The van der Waals surface area contributed by atoms with E-state index in [2.05, 4.69) is 16.0 Å². The molecule has 1 aromatic heterocycles. The number of carboxylic acid groups (broad SMARTS) is 3. The molecular formula is C57H78F5N9O14S. The number of amides is 6. The third kappa shape index (κ3) is 23.1. The number of aliphatic hydroxyl groups is 1. The molecule has 1 aliphatic heterocycles. The third-order valence-electron chi connectivity index (χ3n) is 13.7. The maximum atomic E-state index is 15.1. The maximum Gasteiger partial charge on any atom is 0.490 e. The average Bonchev–Trinajstić information content (AvgIpc) is 3.98. The molecule has 4 rings (SSSR count). The van der Waals surface area contributed by atoms with E-state index in [0.29, 0.717) is 31.5 Å². The summed E-state index contributed by atoms with van der Waals surface area (Å²) in [6, 6.07) is 6.95. The number of hydrogen-bond donors (Lipinski definition) is 9. The molecule has 3 aromatic rings. The predicted molar refractivity (Wildman–Crippen MR) is 304 cm³/mol. The fourth-order valence-corrected chi connectivity index (χ4v) is 10.2. The SMILES string of the molecule is CC(C)[C@H](NC(=O)CCCCCN1C(=O)CC(SC[C@H](N)C(=O)O)C1=O)C(=O)C[C@@H](C)C(=O)N[C@@H](CCCCNC(=O)[C@@H](N)CCN(C(=O)CO)[C@@H](c1nc(-c2cc(F)ccc2F)cn1Cc1ccccc1)C(C)(C)C)C(=O)O.O=C(O)C(F)(F)F. The Morgan fingerprint density at radius 1 is 0.837 bits per heavy atom. The van der Waals surface area contributed by atoms with E-state index in [1.165, 1.54) is 11.8 Å². The van der Waals surface area contributed by atoms with E-state index in [9.17, 15) is 70.9 Å². The Morgan fingerprint density at radius 3 is 2.07 bits per heavy atom. The zero-order valence-corrected chi connectivity index (χ0v) is 49.6. The number of imide groups is 1. The number of nitrogens with one attached hydrogen (secondary N) is 3. The number of nitrogens with zero attached hydrogens (tertiary/aromatic N) is 4. The van der Waals surface area contributed by atoms with Crippen LogP contribution < -0.4 is 27.4 Å². The van der Waals surface area contributed by atoms with Crippen molar-refractivity contribution in [1.29, 1.82) is 0 Å². The smallest absolute Gasteiger partial charge is 0.480 e. The van der Waals surface area contributed by atoms with Crippen molar-refractivity contribution in [1.82, 2.24) is 35.3 Å². The van der Waals surface area contributed by atoms with Gasteiger partial charge in [-0.3, -0.25) is 43.3 Å². The van der Waals surface area contributed by atoms with Crippen LogP contribution in [0.3, 0.4) is 0 Å². The molecule has 23 nitrogen and oxygen atoms in total. The molecular weight excluding hydrogens is 1160 g/mol. The molecule has 29 heteroatoms. The van der Waals surface area contributed by atoms with Gasteiger partial charge in [-0.05, 0) is 73.6 Å². The molecule has 1 aliphatic rings. The number of ketones is 1. The molecule has 2 heterocycles. The number of imidazole rings is 1. The number of unbranched alkanes of at least 4 members (excludes halogenated alkanes) is 3. The second-order valence-electron chi connectivity index (χ2n) is 22.1. The third-order valence-corrected chi connectivity index (χ3v) is 15.0. The van der Waals surface area contributed by atoms with Gasteiger partial charge in [0, 0.05) is 68.9 Å². The minimum atomic E-state index is -5.08. The van der Waals surface area contributed by atoms with Gasteiger partial charge in [-0.2, -0.15) is 13.2 Å². The van der Waals surface area contributed by atoms with Crippen LogP contribution in [0, 0.1) is 28.9 Å². The predicted octanol–water partition coefficient (Wildman–Crippen LogP) is 4.56. The molecule has 0 saturated carbocycles. The van der Waals surface area contributed by atoms with Crippen LogP contribution in [-0.4, -0.2) is 166 Å². The highest BCUT2D eigenvalue weighted by Gasteiger charge is 2.41. The van der Waals surface area contributed by atoms with Gasteiger partial charge < -0.3 is 57.3 Å². The number of alkyl halides is 3. The molecule has 86 heavy (non-hydrogen) atoms. The molecule has 0 aliphatic carbocycles. The van der Waals surface area contributed by atoms with Crippen LogP contribution in [-0.2, 0) is 54.5 Å². The molecule has 11 N–H and O–H groups in total. The van der Waals surface area contributed by atoms with Crippen LogP contribution in [0.2, 0.25) is 0 Å². The molecule has 6 amide bonds. The molecule has 476 valence electrons. The summed E-state index contributed by atoms with van der Waals surface area (Å²) in [5, 5.41) is 43.5. The normalized spacial score (nSPS) is 15.6. The Balaban J connectivity index is 0.00000259. The van der Waals surface area contributed by atoms with Crippen LogP contribution in [0.25, 0.3) is 11.3 Å². The Kier molecular flexibility index (Phi) is 28.9. The molecule has 1 fully saturated rings. The second-order valence-corrected chi connectivity index (χ2v) is 23.4. The lowest BCUT2D eigenvalue weighted by atomic mass is 9.84. The molecule has 0 radical (unpaired) electrons. The second kappa shape index (κ2) is 34.1. The summed E-state index contributed by atoms with van der Waals surface area (Å²) < 4.78 is 63.0. The number of aliphatic carboxylic acids is 3. The number of carbonyl (C=O) groups is 10. The van der Waals surface area contributed by atoms with Gasteiger partial charge in [0.25, 0.3) is 0 Å². The molecule has 0 bridgehead atoms. The molecule has 2 aromatic carbocycles. The minimum absolute atomic E-state index is 0.0115. The maximum absolute atomic E-state index is 15.1. The van der Waals surface area contributed by atoms with Gasteiger partial charge in [0.05, 0.1) is 29.1 Å². The van der Waals surface area contributed by atoms with Crippen molar-refractivity contribution in [2.75, 3.05) is 32.0 Å². The van der Waals surface area contributed by atoms with Crippen molar-refractivity contribution in [3.8, 4) is 11.3 Å². The molecule has 0 spiro atoms. The molecule has 7 atom stereocenters. The highest BCUT2D eigenvalue weighted by Crippen LogP contribution is 2.40. The van der Waals surface area contributed by atoms with Crippen LogP contribution >= 0.6 is 11.8 Å². The average molecular weight is 1240 g/mol. The summed E-state index contributed by atoms with van der Waals surface area (Å²) in [7, 11) is 0. The number of thioether (sulfide) groups is 1. The fraction of sp³-hybridized carbons (Fsp3) is 0.561. The largest absolute Gasteiger partial charge is 0.490 e. The van der Waals surface area contributed by atoms with Gasteiger partial charge in [0.15, 0.2) is 5.78 Å². The number of nitrogens with two attached hydrogens (primary N) is 2. The van der Waals surface area contributed by atoms with Gasteiger partial charge in [0.1, 0.15) is 36.1 Å². The van der Waals surface area contributed by atoms with Crippen molar-refractivity contribution in [3.63, 3.8) is 0 Å². The van der Waals surface area contributed by atoms with E-state index in [-0.39, 0.29) is 93.5 Å². The van der Waals surface area contributed by atoms with Crippen molar-refractivity contribution < 1.29 is 90.3 Å². The first-order chi connectivity index (χ1) is 40.2. The number of halogens is 5. The van der Waals surface area contributed by atoms with Gasteiger partial charge >= 0.3 is 24.1 Å². The number of carboxylic acids is 3. The monoisotopic (exact) mass is 1240 g/mol. The van der Waals surface area contributed by atoms with E-state index < -0.39 is 124 Å². The molecule has 1 saturated heterocycles. The Hall–Kier alpha value is -7.37. The summed E-state index contributed by atoms with van der Waals surface area (Å²) >= 11 is 1.03. The van der Waals surface area contributed by atoms with Crippen LogP contribution in [0.15, 0.2) is 54.7 Å². The first-order valence-corrected chi connectivity index (χ1v) is 28.8. The summed E-state index contributed by atoms with van der Waals surface area (Å²) in [6.45, 7) is 10.0. The van der Waals surface area contributed by atoms with Crippen molar-refractivity contribution in [3.05, 3.63) is 77.8 Å². The highest BCUT2D eigenvalue weighted by molar-refractivity contribution is 8.00.